The molecule has 1 aromatic carbocycles. The Bertz CT molecular complexity index is 964. The number of anilines is 1. The zero-order valence-corrected chi connectivity index (χ0v) is 14.1. The lowest BCUT2D eigenvalue weighted by atomic mass is 10.1. The largest absolute Gasteiger partial charge is 0.482 e. The second-order valence-electron chi connectivity index (χ2n) is 5.97. The van der Waals surface area contributed by atoms with Gasteiger partial charge in [-0.1, -0.05) is 6.92 Å². The molecule has 2 aromatic heterocycles. The molecule has 2 amide bonds. The first-order valence-corrected chi connectivity index (χ1v) is 8.31. The molecular formula is C18H17N5O3. The SMILES string of the molecule is CC[C@@H](NC(=O)c1ccc2c(c1)OCC(=O)N2)c1cn2cccnc2n1. The van der Waals surface area contributed by atoms with E-state index in [1.165, 1.54) is 0 Å². The number of benzene rings is 1. The summed E-state index contributed by atoms with van der Waals surface area (Å²) in [6.45, 7) is 1.93. The number of nitrogens with one attached hydrogen (secondary N) is 2. The molecule has 0 saturated carbocycles. The van der Waals surface area contributed by atoms with Crippen molar-refractivity contribution in [3.63, 3.8) is 0 Å². The van der Waals surface area contributed by atoms with Gasteiger partial charge in [0.15, 0.2) is 6.61 Å². The third-order valence-corrected chi connectivity index (χ3v) is 4.20. The molecule has 3 aromatic rings. The number of rotatable bonds is 4. The van der Waals surface area contributed by atoms with Gasteiger partial charge in [0, 0.05) is 24.2 Å². The summed E-state index contributed by atoms with van der Waals surface area (Å²) in [5, 5.41) is 5.69. The summed E-state index contributed by atoms with van der Waals surface area (Å²) in [4.78, 5) is 32.7. The molecule has 0 fully saturated rings. The molecule has 3 heterocycles. The predicted octanol–water partition coefficient (Wildman–Crippen LogP) is 1.94. The summed E-state index contributed by atoms with van der Waals surface area (Å²) in [5.41, 5.74) is 1.78. The molecule has 0 spiro atoms. The third kappa shape index (κ3) is 2.97. The molecule has 2 N–H and O–H groups in total. The molecule has 1 aliphatic heterocycles. The van der Waals surface area contributed by atoms with Crippen LogP contribution in [0.1, 0.15) is 35.4 Å². The number of imidazole rings is 1. The van der Waals surface area contributed by atoms with E-state index in [-0.39, 0.29) is 24.5 Å². The predicted molar refractivity (Wildman–Crippen MR) is 94.1 cm³/mol. The lowest BCUT2D eigenvalue weighted by Crippen LogP contribution is -2.29. The highest BCUT2D eigenvalue weighted by molar-refractivity contribution is 5.99. The quantitative estimate of drug-likeness (QED) is 0.749. The highest BCUT2D eigenvalue weighted by Gasteiger charge is 2.20. The lowest BCUT2D eigenvalue weighted by molar-refractivity contribution is -0.118. The summed E-state index contributed by atoms with van der Waals surface area (Å²) in [6, 6.07) is 6.53. The van der Waals surface area contributed by atoms with Crippen LogP contribution in [0.15, 0.2) is 42.9 Å². The Balaban J connectivity index is 1.55. The molecule has 0 radical (unpaired) electrons. The van der Waals surface area contributed by atoms with Gasteiger partial charge in [0.2, 0.25) is 5.78 Å². The molecule has 0 saturated heterocycles. The molecule has 0 aliphatic carbocycles. The van der Waals surface area contributed by atoms with Crippen molar-refractivity contribution in [3.8, 4) is 5.75 Å². The topological polar surface area (TPSA) is 97.6 Å². The maximum absolute atomic E-state index is 12.6. The molecule has 4 rings (SSSR count). The number of ether oxygens (including phenoxy) is 1. The molecule has 0 unspecified atom stereocenters. The number of carbonyl (C=O) groups is 2. The second-order valence-corrected chi connectivity index (χ2v) is 5.97. The fourth-order valence-corrected chi connectivity index (χ4v) is 2.86. The number of carbonyl (C=O) groups excluding carboxylic acids is 2. The third-order valence-electron chi connectivity index (χ3n) is 4.20. The summed E-state index contributed by atoms with van der Waals surface area (Å²) in [6.07, 6.45) is 6.09. The zero-order valence-electron chi connectivity index (χ0n) is 14.1. The Morgan fingerprint density at radius 3 is 3.15 bits per heavy atom. The minimum Gasteiger partial charge on any atom is -0.482 e. The van der Waals surface area contributed by atoms with E-state index in [0.717, 1.165) is 5.69 Å². The normalized spacial score (nSPS) is 14.3. The van der Waals surface area contributed by atoms with E-state index in [0.29, 0.717) is 29.2 Å². The monoisotopic (exact) mass is 351 g/mol. The second kappa shape index (κ2) is 6.47. The van der Waals surface area contributed by atoms with Crippen LogP contribution in [-0.2, 0) is 4.79 Å². The van der Waals surface area contributed by atoms with Crippen molar-refractivity contribution < 1.29 is 14.3 Å². The van der Waals surface area contributed by atoms with Crippen molar-refractivity contribution in [1.82, 2.24) is 19.7 Å². The van der Waals surface area contributed by atoms with Crippen LogP contribution in [0.2, 0.25) is 0 Å². The van der Waals surface area contributed by atoms with Crippen molar-refractivity contribution >= 4 is 23.3 Å². The lowest BCUT2D eigenvalue weighted by Gasteiger charge is -2.19. The minimum atomic E-state index is -0.235. The van der Waals surface area contributed by atoms with E-state index in [4.69, 9.17) is 4.74 Å². The first kappa shape index (κ1) is 16.1. The molecule has 1 aliphatic rings. The van der Waals surface area contributed by atoms with Crippen LogP contribution in [0.25, 0.3) is 5.78 Å². The molecular weight excluding hydrogens is 334 g/mol. The van der Waals surface area contributed by atoms with E-state index >= 15 is 0 Å². The number of fused-ring (bicyclic) bond motifs is 2. The summed E-state index contributed by atoms with van der Waals surface area (Å²) >= 11 is 0. The summed E-state index contributed by atoms with van der Waals surface area (Å²) in [5.74, 6) is 0.640. The average molecular weight is 351 g/mol. The van der Waals surface area contributed by atoms with Gasteiger partial charge in [0.1, 0.15) is 5.75 Å². The van der Waals surface area contributed by atoms with E-state index in [1.807, 2.05) is 29.8 Å². The van der Waals surface area contributed by atoms with Crippen molar-refractivity contribution in [1.29, 1.82) is 0 Å². The van der Waals surface area contributed by atoms with Gasteiger partial charge in [-0.15, -0.1) is 0 Å². The molecule has 1 atom stereocenters. The average Bonchev–Trinajstić information content (AvgIpc) is 3.09. The van der Waals surface area contributed by atoms with E-state index in [1.54, 1.807) is 24.4 Å². The molecule has 8 heteroatoms. The van der Waals surface area contributed by atoms with Gasteiger partial charge in [-0.25, -0.2) is 9.97 Å². The van der Waals surface area contributed by atoms with Crippen LogP contribution in [0.3, 0.4) is 0 Å². The smallest absolute Gasteiger partial charge is 0.262 e. The van der Waals surface area contributed by atoms with Gasteiger partial charge < -0.3 is 15.4 Å². The Labute approximate surface area is 149 Å². The Kier molecular flexibility index (Phi) is 4.00. The number of hydrogen-bond acceptors (Lipinski definition) is 5. The number of hydrogen-bond donors (Lipinski definition) is 2. The Hall–Kier alpha value is -3.42. The maximum Gasteiger partial charge on any atom is 0.262 e. The summed E-state index contributed by atoms with van der Waals surface area (Å²) in [7, 11) is 0. The fourth-order valence-electron chi connectivity index (χ4n) is 2.86. The number of amides is 2. The molecule has 132 valence electrons. The maximum atomic E-state index is 12.6. The van der Waals surface area contributed by atoms with E-state index in [9.17, 15) is 9.59 Å². The van der Waals surface area contributed by atoms with Gasteiger partial charge in [0.25, 0.3) is 11.8 Å². The fraction of sp³-hybridized carbons (Fsp3) is 0.222. The van der Waals surface area contributed by atoms with Crippen molar-refractivity contribution in [2.75, 3.05) is 11.9 Å². The van der Waals surface area contributed by atoms with Gasteiger partial charge in [-0.2, -0.15) is 0 Å². The van der Waals surface area contributed by atoms with Crippen LogP contribution in [0.5, 0.6) is 5.75 Å². The number of nitrogens with zero attached hydrogens (tertiary/aromatic N) is 3. The standard InChI is InChI=1S/C18H17N5O3/c1-2-12(14-9-23-7-3-6-19-18(23)22-14)21-17(25)11-4-5-13-15(8-11)26-10-16(24)20-13/h3-9,12H,2,10H2,1H3,(H,20,24)(H,21,25)/t12-/m1/s1. The van der Waals surface area contributed by atoms with Crippen LogP contribution in [-0.4, -0.2) is 32.8 Å². The molecule has 8 nitrogen and oxygen atoms in total. The number of aromatic nitrogens is 3. The van der Waals surface area contributed by atoms with Crippen LogP contribution < -0.4 is 15.4 Å². The van der Waals surface area contributed by atoms with Crippen LogP contribution in [0, 0.1) is 0 Å². The van der Waals surface area contributed by atoms with Crippen molar-refractivity contribution in [2.45, 2.75) is 19.4 Å². The molecule has 0 bridgehead atoms. The highest BCUT2D eigenvalue weighted by atomic mass is 16.5. The van der Waals surface area contributed by atoms with Crippen molar-refractivity contribution in [3.05, 3.63) is 54.1 Å². The van der Waals surface area contributed by atoms with Gasteiger partial charge in [-0.3, -0.25) is 14.0 Å². The first-order valence-electron chi connectivity index (χ1n) is 8.31. The van der Waals surface area contributed by atoms with E-state index < -0.39 is 0 Å². The highest BCUT2D eigenvalue weighted by Crippen LogP contribution is 2.28. The van der Waals surface area contributed by atoms with Gasteiger partial charge in [-0.05, 0) is 30.7 Å². The summed E-state index contributed by atoms with van der Waals surface area (Å²) < 4.78 is 7.19. The van der Waals surface area contributed by atoms with E-state index in [2.05, 4.69) is 20.6 Å². The molecule has 26 heavy (non-hydrogen) atoms. The first-order chi connectivity index (χ1) is 12.6. The van der Waals surface area contributed by atoms with Crippen molar-refractivity contribution in [2.24, 2.45) is 0 Å². The Morgan fingerprint density at radius 1 is 1.46 bits per heavy atom. The Morgan fingerprint density at radius 2 is 2.35 bits per heavy atom. The zero-order chi connectivity index (χ0) is 18.1. The van der Waals surface area contributed by atoms with Gasteiger partial charge >= 0.3 is 0 Å². The van der Waals surface area contributed by atoms with Crippen LogP contribution in [0.4, 0.5) is 5.69 Å². The minimum absolute atomic E-state index is 0.0517. The van der Waals surface area contributed by atoms with Gasteiger partial charge in [0.05, 0.1) is 17.4 Å². The van der Waals surface area contributed by atoms with Crippen LogP contribution >= 0.6 is 0 Å².